The molecule has 0 heterocycles. The first kappa shape index (κ1) is 17.9. The van der Waals surface area contributed by atoms with Crippen LogP contribution in [-0.4, -0.2) is 13.9 Å². The molecule has 0 aromatic heterocycles. The summed E-state index contributed by atoms with van der Waals surface area (Å²) in [5.74, 6) is 6.72. The average molecular weight is 357 g/mol. The molecular weight excluding hydrogens is 320 g/mol. The van der Waals surface area contributed by atoms with Crippen molar-refractivity contribution in [1.82, 2.24) is 0 Å². The molecule has 3 fully saturated rings. The van der Waals surface area contributed by atoms with Gasteiger partial charge in [-0.05, 0) is 101 Å². The summed E-state index contributed by atoms with van der Waals surface area (Å²) in [5.41, 5.74) is 1.71. The molecule has 0 radical (unpaired) electrons. The Morgan fingerprint density at radius 3 is 2.64 bits per heavy atom. The van der Waals surface area contributed by atoms with Crippen LogP contribution in [0.5, 0.6) is 0 Å². The molecule has 0 spiro atoms. The molecule has 0 N–H and O–H groups in total. The van der Waals surface area contributed by atoms with Crippen molar-refractivity contribution in [3.05, 3.63) is 11.6 Å². The van der Waals surface area contributed by atoms with E-state index >= 15 is 0 Å². The Balaban J connectivity index is 1.64. The van der Waals surface area contributed by atoms with Crippen LogP contribution in [-0.2, 0) is 4.43 Å². The maximum Gasteiger partial charge on any atom is 0.185 e. The van der Waals surface area contributed by atoms with Gasteiger partial charge in [0.1, 0.15) is 5.60 Å². The van der Waals surface area contributed by atoms with Gasteiger partial charge in [-0.1, -0.05) is 24.5 Å². The Labute approximate surface area is 156 Å². The monoisotopic (exact) mass is 356 g/mol. The highest BCUT2D eigenvalue weighted by molar-refractivity contribution is 6.69. The lowest BCUT2D eigenvalue weighted by molar-refractivity contribution is -0.0771. The van der Waals surface area contributed by atoms with E-state index in [4.69, 9.17) is 10.8 Å². The number of hydrogen-bond acceptors (Lipinski definition) is 1. The van der Waals surface area contributed by atoms with Crippen molar-refractivity contribution in [1.29, 1.82) is 0 Å². The van der Waals surface area contributed by atoms with Gasteiger partial charge in [0.15, 0.2) is 8.32 Å². The zero-order chi connectivity index (χ0) is 17.9. The molecule has 0 saturated heterocycles. The summed E-state index contributed by atoms with van der Waals surface area (Å²) in [5, 5.41) is 0. The molecule has 0 aromatic rings. The average Bonchev–Trinajstić information content (AvgIpc) is 2.86. The van der Waals surface area contributed by atoms with Crippen LogP contribution in [0.2, 0.25) is 19.6 Å². The van der Waals surface area contributed by atoms with Crippen LogP contribution < -0.4 is 0 Å². The van der Waals surface area contributed by atoms with Crippen molar-refractivity contribution in [3.63, 3.8) is 0 Å². The minimum Gasteiger partial charge on any atom is -0.401 e. The minimum atomic E-state index is -1.66. The quantitative estimate of drug-likeness (QED) is 0.326. The molecule has 6 atom stereocenters. The van der Waals surface area contributed by atoms with Crippen molar-refractivity contribution in [2.45, 2.75) is 90.0 Å². The Kier molecular flexibility index (Phi) is 4.29. The Bertz CT molecular complexity index is 609. The Morgan fingerprint density at radius 2 is 1.92 bits per heavy atom. The lowest BCUT2D eigenvalue weighted by Crippen LogP contribution is -2.55. The van der Waals surface area contributed by atoms with Crippen LogP contribution in [0.15, 0.2) is 11.6 Å². The molecule has 138 valence electrons. The molecule has 0 bridgehead atoms. The summed E-state index contributed by atoms with van der Waals surface area (Å²) in [4.78, 5) is 0. The van der Waals surface area contributed by atoms with Crippen LogP contribution in [0.25, 0.3) is 0 Å². The van der Waals surface area contributed by atoms with E-state index < -0.39 is 8.32 Å². The van der Waals surface area contributed by atoms with Crippen LogP contribution in [0, 0.1) is 41.4 Å². The third-order valence-corrected chi connectivity index (χ3v) is 9.17. The first-order valence-electron chi connectivity index (χ1n) is 10.7. The number of terminal acetylenes is 1. The zero-order valence-corrected chi connectivity index (χ0v) is 17.7. The third-order valence-electron chi connectivity index (χ3n) is 8.21. The summed E-state index contributed by atoms with van der Waals surface area (Å²) in [6.45, 7) is 9.39. The van der Waals surface area contributed by atoms with Crippen LogP contribution in [0.4, 0.5) is 0 Å². The number of fused-ring (bicyclic) bond motifs is 5. The van der Waals surface area contributed by atoms with E-state index in [2.05, 4.69) is 38.6 Å². The zero-order valence-electron chi connectivity index (χ0n) is 16.7. The first-order chi connectivity index (χ1) is 11.8. The SMILES string of the molecule is C#CC1(O[Si](C)(C)C)CC[C@H]2[C@@H]3CCC4=CCCC[C@@H]4[C@H]3CC[C@@]21C. The second-order valence-electron chi connectivity index (χ2n) is 10.5. The van der Waals surface area contributed by atoms with E-state index in [1.807, 2.05) is 5.57 Å². The van der Waals surface area contributed by atoms with Gasteiger partial charge in [0.05, 0.1) is 0 Å². The number of rotatable bonds is 2. The van der Waals surface area contributed by atoms with Gasteiger partial charge in [0.25, 0.3) is 0 Å². The van der Waals surface area contributed by atoms with Gasteiger partial charge in [0, 0.05) is 5.41 Å². The Morgan fingerprint density at radius 1 is 1.12 bits per heavy atom. The van der Waals surface area contributed by atoms with Crippen LogP contribution in [0.3, 0.4) is 0 Å². The molecule has 25 heavy (non-hydrogen) atoms. The molecule has 3 saturated carbocycles. The van der Waals surface area contributed by atoms with Gasteiger partial charge in [0.2, 0.25) is 0 Å². The molecule has 4 aliphatic carbocycles. The smallest absolute Gasteiger partial charge is 0.185 e. The van der Waals surface area contributed by atoms with E-state index in [0.717, 1.165) is 30.1 Å². The second-order valence-corrected chi connectivity index (χ2v) is 14.9. The first-order valence-corrected chi connectivity index (χ1v) is 14.1. The van der Waals surface area contributed by atoms with Crippen molar-refractivity contribution < 1.29 is 4.43 Å². The Hall–Kier alpha value is -0.523. The molecule has 1 nitrogen and oxygen atoms in total. The maximum absolute atomic E-state index is 6.79. The second kappa shape index (κ2) is 6.00. The fourth-order valence-electron chi connectivity index (χ4n) is 7.26. The predicted octanol–water partition coefficient (Wildman–Crippen LogP) is 6.17. The fraction of sp³-hybridized carbons (Fsp3) is 0.826. The van der Waals surface area contributed by atoms with E-state index in [0.29, 0.717) is 0 Å². The van der Waals surface area contributed by atoms with E-state index in [1.54, 1.807) is 0 Å². The topological polar surface area (TPSA) is 9.23 Å². The van der Waals surface area contributed by atoms with Gasteiger partial charge in [-0.25, -0.2) is 0 Å². The number of allylic oxidation sites excluding steroid dienone is 2. The van der Waals surface area contributed by atoms with Crippen molar-refractivity contribution in [3.8, 4) is 12.3 Å². The fourth-order valence-corrected chi connectivity index (χ4v) is 8.70. The number of hydrogen-bond donors (Lipinski definition) is 0. The van der Waals surface area contributed by atoms with E-state index in [9.17, 15) is 0 Å². The summed E-state index contributed by atoms with van der Waals surface area (Å²) in [6.07, 6.45) is 20.7. The van der Waals surface area contributed by atoms with Crippen LogP contribution >= 0.6 is 0 Å². The summed E-state index contributed by atoms with van der Waals surface area (Å²) in [6, 6.07) is 0. The predicted molar refractivity (Wildman–Crippen MR) is 108 cm³/mol. The van der Waals surface area contributed by atoms with Gasteiger partial charge in [-0.3, -0.25) is 0 Å². The molecule has 0 aliphatic heterocycles. The summed E-state index contributed by atoms with van der Waals surface area (Å²) in [7, 11) is -1.66. The lowest BCUT2D eigenvalue weighted by Gasteiger charge is -2.56. The molecule has 4 aliphatic rings. The van der Waals surface area contributed by atoms with Gasteiger partial charge < -0.3 is 4.43 Å². The molecule has 1 unspecified atom stereocenters. The highest BCUT2D eigenvalue weighted by atomic mass is 28.4. The minimum absolute atomic E-state index is 0.194. The largest absolute Gasteiger partial charge is 0.401 e. The van der Waals surface area contributed by atoms with Crippen molar-refractivity contribution in [2.75, 3.05) is 0 Å². The van der Waals surface area contributed by atoms with Gasteiger partial charge in [-0.15, -0.1) is 6.42 Å². The van der Waals surface area contributed by atoms with Crippen LogP contribution in [0.1, 0.15) is 64.7 Å². The van der Waals surface area contributed by atoms with Gasteiger partial charge in [-0.2, -0.15) is 0 Å². The van der Waals surface area contributed by atoms with E-state index in [1.165, 1.54) is 51.4 Å². The lowest BCUT2D eigenvalue weighted by atomic mass is 9.50. The summed E-state index contributed by atoms with van der Waals surface area (Å²) < 4.78 is 6.79. The van der Waals surface area contributed by atoms with Crippen molar-refractivity contribution in [2.24, 2.45) is 29.1 Å². The molecule has 2 heteroatoms. The molecule has 0 amide bonds. The molecule has 4 rings (SSSR count). The summed E-state index contributed by atoms with van der Waals surface area (Å²) >= 11 is 0. The third kappa shape index (κ3) is 2.69. The highest BCUT2D eigenvalue weighted by Crippen LogP contribution is 2.66. The van der Waals surface area contributed by atoms with Gasteiger partial charge >= 0.3 is 0 Å². The van der Waals surface area contributed by atoms with Crippen molar-refractivity contribution >= 4 is 8.32 Å². The normalized spacial score (nSPS) is 46.4. The maximum atomic E-state index is 6.79. The standard InChI is InChI=1S/C23H36OSi/c1-6-23(24-25(3,4)5)16-14-21-20-12-11-17-9-7-8-10-18(17)19(20)13-15-22(21,23)2/h1,9,18-21H,7-8,10-16H2,2-5H3/t18-,19+,20+,21-,22-,23?/m0/s1. The molecular formula is C23H36OSi. The van der Waals surface area contributed by atoms with E-state index in [-0.39, 0.29) is 11.0 Å². The molecule has 0 aromatic carbocycles. The highest BCUT2D eigenvalue weighted by Gasteiger charge is 2.63.